The van der Waals surface area contributed by atoms with E-state index in [2.05, 4.69) is 18.7 Å². The van der Waals surface area contributed by atoms with Gasteiger partial charge in [0.15, 0.2) is 0 Å². The lowest BCUT2D eigenvalue weighted by Crippen LogP contribution is -2.51. The largest absolute Gasteiger partial charge is 0.477 e. The number of carboxylic acid groups (broad SMARTS) is 1. The van der Waals surface area contributed by atoms with Gasteiger partial charge in [0.2, 0.25) is 5.91 Å². The van der Waals surface area contributed by atoms with Gasteiger partial charge in [-0.05, 0) is 26.0 Å². The molecule has 0 radical (unpaired) electrons. The zero-order valence-corrected chi connectivity index (χ0v) is 12.0. The number of carboxylic acids is 1. The molecular formula is C14H21N3O3. The summed E-state index contributed by atoms with van der Waals surface area (Å²) in [6, 6.07) is 3.65. The molecule has 1 aliphatic rings. The van der Waals surface area contributed by atoms with Gasteiger partial charge in [0, 0.05) is 38.4 Å². The third kappa shape index (κ3) is 3.19. The van der Waals surface area contributed by atoms with Crippen LogP contribution in [0.25, 0.3) is 0 Å². The van der Waals surface area contributed by atoms with Gasteiger partial charge in [0.1, 0.15) is 12.2 Å². The second kappa shape index (κ2) is 6.09. The minimum Gasteiger partial charge on any atom is -0.477 e. The SMILES string of the molecule is CC(C)N1CCN(C(=O)Cn2cccc2C(=O)O)CC1. The summed E-state index contributed by atoms with van der Waals surface area (Å²) < 4.78 is 1.49. The van der Waals surface area contributed by atoms with Gasteiger partial charge < -0.3 is 14.6 Å². The number of aromatic nitrogens is 1. The minimum atomic E-state index is -1.01. The van der Waals surface area contributed by atoms with E-state index in [1.165, 1.54) is 10.6 Å². The maximum Gasteiger partial charge on any atom is 0.352 e. The van der Waals surface area contributed by atoms with Crippen molar-refractivity contribution in [1.29, 1.82) is 0 Å². The molecule has 2 rings (SSSR count). The van der Waals surface area contributed by atoms with Crippen molar-refractivity contribution >= 4 is 11.9 Å². The Morgan fingerprint density at radius 3 is 2.45 bits per heavy atom. The van der Waals surface area contributed by atoms with E-state index in [0.29, 0.717) is 19.1 Å². The van der Waals surface area contributed by atoms with Gasteiger partial charge in [0.25, 0.3) is 0 Å². The Morgan fingerprint density at radius 1 is 1.25 bits per heavy atom. The lowest BCUT2D eigenvalue weighted by atomic mass is 10.2. The summed E-state index contributed by atoms with van der Waals surface area (Å²) in [5.74, 6) is -1.03. The van der Waals surface area contributed by atoms with Crippen molar-refractivity contribution in [1.82, 2.24) is 14.4 Å². The van der Waals surface area contributed by atoms with Crippen LogP contribution in [0, 0.1) is 0 Å². The van der Waals surface area contributed by atoms with Crippen LogP contribution >= 0.6 is 0 Å². The van der Waals surface area contributed by atoms with Crippen LogP contribution in [-0.2, 0) is 11.3 Å². The molecule has 110 valence electrons. The molecule has 1 fully saturated rings. The number of carbonyl (C=O) groups excluding carboxylic acids is 1. The van der Waals surface area contributed by atoms with Gasteiger partial charge in [-0.15, -0.1) is 0 Å². The van der Waals surface area contributed by atoms with Crippen LogP contribution in [-0.4, -0.2) is 63.6 Å². The average Bonchev–Trinajstić information content (AvgIpc) is 2.87. The molecule has 0 bridgehead atoms. The molecule has 1 amide bonds. The zero-order valence-electron chi connectivity index (χ0n) is 12.0. The molecule has 0 aliphatic carbocycles. The molecule has 0 unspecified atom stereocenters. The quantitative estimate of drug-likeness (QED) is 0.883. The lowest BCUT2D eigenvalue weighted by molar-refractivity contribution is -0.133. The molecule has 1 N–H and O–H groups in total. The number of hydrogen-bond acceptors (Lipinski definition) is 3. The first-order valence-corrected chi connectivity index (χ1v) is 6.89. The summed E-state index contributed by atoms with van der Waals surface area (Å²) in [5.41, 5.74) is 0.152. The molecule has 0 saturated carbocycles. The standard InChI is InChI=1S/C14H21N3O3/c1-11(2)15-6-8-16(9-7-15)13(18)10-17-5-3-4-12(17)14(19)20/h3-5,11H,6-10H2,1-2H3,(H,19,20). The topological polar surface area (TPSA) is 65.8 Å². The van der Waals surface area contributed by atoms with Crippen molar-refractivity contribution in [2.45, 2.75) is 26.4 Å². The molecule has 20 heavy (non-hydrogen) atoms. The first-order chi connectivity index (χ1) is 9.49. The normalized spacial score (nSPS) is 16.6. The highest BCUT2D eigenvalue weighted by atomic mass is 16.4. The Labute approximate surface area is 118 Å². The number of piperazine rings is 1. The van der Waals surface area contributed by atoms with E-state index in [0.717, 1.165) is 13.1 Å². The maximum absolute atomic E-state index is 12.2. The Bertz CT molecular complexity index is 488. The van der Waals surface area contributed by atoms with Crippen LogP contribution in [0.15, 0.2) is 18.3 Å². The van der Waals surface area contributed by atoms with Crippen molar-refractivity contribution in [3.8, 4) is 0 Å². The fraction of sp³-hybridized carbons (Fsp3) is 0.571. The lowest BCUT2D eigenvalue weighted by Gasteiger charge is -2.37. The molecular weight excluding hydrogens is 258 g/mol. The van der Waals surface area contributed by atoms with Gasteiger partial charge in [-0.2, -0.15) is 0 Å². The van der Waals surface area contributed by atoms with E-state index >= 15 is 0 Å². The second-order valence-electron chi connectivity index (χ2n) is 5.34. The van der Waals surface area contributed by atoms with Crippen LogP contribution in [0.5, 0.6) is 0 Å². The van der Waals surface area contributed by atoms with Crippen molar-refractivity contribution in [3.63, 3.8) is 0 Å². The van der Waals surface area contributed by atoms with Crippen molar-refractivity contribution in [2.24, 2.45) is 0 Å². The van der Waals surface area contributed by atoms with Crippen LogP contribution < -0.4 is 0 Å². The molecule has 0 spiro atoms. The highest BCUT2D eigenvalue weighted by Crippen LogP contribution is 2.08. The van der Waals surface area contributed by atoms with Gasteiger partial charge >= 0.3 is 5.97 Å². The van der Waals surface area contributed by atoms with Crippen LogP contribution in [0.2, 0.25) is 0 Å². The monoisotopic (exact) mass is 279 g/mol. The molecule has 6 nitrogen and oxygen atoms in total. The van der Waals surface area contributed by atoms with Gasteiger partial charge in [-0.25, -0.2) is 4.79 Å². The summed E-state index contributed by atoms with van der Waals surface area (Å²) in [4.78, 5) is 27.4. The Hall–Kier alpha value is -1.82. The van der Waals surface area contributed by atoms with Gasteiger partial charge in [0.05, 0.1) is 0 Å². The van der Waals surface area contributed by atoms with Crippen LogP contribution in [0.1, 0.15) is 24.3 Å². The number of aromatic carboxylic acids is 1. The number of amides is 1. The molecule has 0 aromatic carbocycles. The third-order valence-electron chi connectivity index (χ3n) is 3.75. The summed E-state index contributed by atoms with van der Waals surface area (Å²) in [6.07, 6.45) is 1.63. The Kier molecular flexibility index (Phi) is 4.44. The summed E-state index contributed by atoms with van der Waals surface area (Å²) >= 11 is 0. The predicted octanol–water partition coefficient (Wildman–Crippen LogP) is 0.739. The third-order valence-corrected chi connectivity index (χ3v) is 3.75. The summed E-state index contributed by atoms with van der Waals surface area (Å²) in [7, 11) is 0. The molecule has 1 saturated heterocycles. The number of hydrogen-bond donors (Lipinski definition) is 1. The smallest absolute Gasteiger partial charge is 0.352 e. The summed E-state index contributed by atoms with van der Waals surface area (Å²) in [5, 5.41) is 9.02. The fourth-order valence-electron chi connectivity index (χ4n) is 2.48. The molecule has 6 heteroatoms. The van der Waals surface area contributed by atoms with E-state index in [9.17, 15) is 9.59 Å². The van der Waals surface area contributed by atoms with E-state index in [1.54, 1.807) is 12.3 Å². The molecule has 1 aliphatic heterocycles. The maximum atomic E-state index is 12.2. The zero-order chi connectivity index (χ0) is 14.7. The number of nitrogens with zero attached hydrogens (tertiary/aromatic N) is 3. The number of carbonyl (C=O) groups is 2. The highest BCUT2D eigenvalue weighted by Gasteiger charge is 2.23. The molecule has 0 atom stereocenters. The number of rotatable bonds is 4. The Morgan fingerprint density at radius 2 is 1.90 bits per heavy atom. The minimum absolute atomic E-state index is 0.0212. The van der Waals surface area contributed by atoms with E-state index in [4.69, 9.17) is 5.11 Å². The molecule has 1 aromatic rings. The van der Waals surface area contributed by atoms with E-state index in [-0.39, 0.29) is 18.1 Å². The van der Waals surface area contributed by atoms with E-state index in [1.807, 2.05) is 4.90 Å². The van der Waals surface area contributed by atoms with Crippen molar-refractivity contribution < 1.29 is 14.7 Å². The van der Waals surface area contributed by atoms with E-state index < -0.39 is 5.97 Å². The van der Waals surface area contributed by atoms with Crippen molar-refractivity contribution in [3.05, 3.63) is 24.0 Å². The van der Waals surface area contributed by atoms with Crippen molar-refractivity contribution in [2.75, 3.05) is 26.2 Å². The molecule has 2 heterocycles. The first-order valence-electron chi connectivity index (χ1n) is 6.89. The summed E-state index contributed by atoms with van der Waals surface area (Å²) in [6.45, 7) is 7.56. The fourth-order valence-corrected chi connectivity index (χ4v) is 2.48. The second-order valence-corrected chi connectivity index (χ2v) is 5.34. The Balaban J connectivity index is 1.93. The van der Waals surface area contributed by atoms with Crippen LogP contribution in [0.3, 0.4) is 0 Å². The first kappa shape index (κ1) is 14.6. The van der Waals surface area contributed by atoms with Gasteiger partial charge in [-0.3, -0.25) is 9.69 Å². The molecule has 1 aromatic heterocycles. The average molecular weight is 279 g/mol. The van der Waals surface area contributed by atoms with Gasteiger partial charge in [-0.1, -0.05) is 0 Å². The highest BCUT2D eigenvalue weighted by molar-refractivity contribution is 5.86. The van der Waals surface area contributed by atoms with Crippen LogP contribution in [0.4, 0.5) is 0 Å². The predicted molar refractivity (Wildman–Crippen MR) is 74.7 cm³/mol.